The molecule has 1 N–H and O–H groups in total. The monoisotopic (exact) mass is 442 g/mol. The molecule has 0 atom stereocenters. The van der Waals surface area contributed by atoms with E-state index in [0.29, 0.717) is 12.2 Å². The van der Waals surface area contributed by atoms with Crippen molar-refractivity contribution in [2.45, 2.75) is 65.0 Å². The van der Waals surface area contributed by atoms with Crippen LogP contribution in [0.3, 0.4) is 0 Å². The average molecular weight is 443 g/mol. The van der Waals surface area contributed by atoms with E-state index in [0.717, 1.165) is 59.8 Å². The molecular formula is C26H30N6O. The van der Waals surface area contributed by atoms with Crippen LogP contribution in [0, 0.1) is 6.92 Å². The summed E-state index contributed by atoms with van der Waals surface area (Å²) in [7, 11) is 0. The normalized spacial score (nSPS) is 14.6. The molecule has 2 heterocycles. The summed E-state index contributed by atoms with van der Waals surface area (Å²) in [6.45, 7) is 4.66. The molecule has 33 heavy (non-hydrogen) atoms. The van der Waals surface area contributed by atoms with E-state index in [1.807, 2.05) is 29.2 Å². The van der Waals surface area contributed by atoms with Crippen LogP contribution in [0.15, 0.2) is 48.5 Å². The van der Waals surface area contributed by atoms with Gasteiger partial charge in [-0.15, -0.1) is 5.10 Å². The second-order valence-corrected chi connectivity index (χ2v) is 9.01. The molecular weight excluding hydrogens is 412 g/mol. The molecule has 0 unspecified atom stereocenters. The number of amides is 2. The van der Waals surface area contributed by atoms with Gasteiger partial charge in [-0.2, -0.15) is 4.52 Å². The number of rotatable bonds is 5. The largest absolute Gasteiger partial charge is 0.322 e. The smallest absolute Gasteiger partial charge is 0.317 e. The Kier molecular flexibility index (Phi) is 5.94. The number of benzene rings is 2. The van der Waals surface area contributed by atoms with Gasteiger partial charge in [0.2, 0.25) is 0 Å². The minimum atomic E-state index is -0.0576. The molecule has 7 heteroatoms. The first-order valence-electron chi connectivity index (χ1n) is 11.9. The van der Waals surface area contributed by atoms with Crippen molar-refractivity contribution in [2.75, 3.05) is 5.32 Å². The van der Waals surface area contributed by atoms with E-state index in [-0.39, 0.29) is 12.1 Å². The van der Waals surface area contributed by atoms with Crippen molar-refractivity contribution in [3.05, 3.63) is 65.2 Å². The predicted molar refractivity (Wildman–Crippen MR) is 130 cm³/mol. The van der Waals surface area contributed by atoms with E-state index in [4.69, 9.17) is 0 Å². The van der Waals surface area contributed by atoms with Gasteiger partial charge in [-0.05, 0) is 66.4 Å². The summed E-state index contributed by atoms with van der Waals surface area (Å²) in [5, 5.41) is 16.7. The molecule has 1 saturated carbocycles. The van der Waals surface area contributed by atoms with Gasteiger partial charge >= 0.3 is 6.03 Å². The zero-order valence-corrected chi connectivity index (χ0v) is 19.3. The van der Waals surface area contributed by atoms with E-state index >= 15 is 0 Å². The SMILES string of the molecule is CCc1ccccc1NC(=O)N(Cc1cc2cc(C)ccc2n2nnnc12)C1CCCCC1. The molecule has 0 radical (unpaired) electrons. The van der Waals surface area contributed by atoms with Crippen molar-refractivity contribution in [2.24, 2.45) is 0 Å². The lowest BCUT2D eigenvalue weighted by molar-refractivity contribution is 0.163. The Balaban J connectivity index is 1.52. The second kappa shape index (κ2) is 9.17. The van der Waals surface area contributed by atoms with Crippen LogP contribution in [-0.2, 0) is 13.0 Å². The zero-order chi connectivity index (χ0) is 22.8. The standard InChI is InChI=1S/C26H30N6O/c1-3-19-9-7-8-12-23(19)27-26(33)31(22-10-5-4-6-11-22)17-21-16-20-15-18(2)13-14-24(20)32-25(21)28-29-30-32/h7-9,12-16,22H,3-6,10-11,17H2,1-2H3,(H,27,33). The van der Waals surface area contributed by atoms with Crippen LogP contribution in [-0.4, -0.2) is 37.0 Å². The highest BCUT2D eigenvalue weighted by molar-refractivity contribution is 5.91. The number of tetrazole rings is 1. The Labute approximate surface area is 193 Å². The van der Waals surface area contributed by atoms with Gasteiger partial charge in [0.05, 0.1) is 12.1 Å². The Bertz CT molecular complexity index is 1290. The highest BCUT2D eigenvalue weighted by atomic mass is 16.2. The van der Waals surface area contributed by atoms with Crippen molar-refractivity contribution >= 4 is 28.3 Å². The van der Waals surface area contributed by atoms with Gasteiger partial charge in [0.25, 0.3) is 0 Å². The fourth-order valence-electron chi connectivity index (χ4n) is 4.98. The predicted octanol–water partition coefficient (Wildman–Crippen LogP) is 5.52. The summed E-state index contributed by atoms with van der Waals surface area (Å²) in [6.07, 6.45) is 6.46. The van der Waals surface area contributed by atoms with E-state index in [1.165, 1.54) is 12.0 Å². The molecule has 170 valence electrons. The third-order valence-corrected chi connectivity index (χ3v) is 6.75. The lowest BCUT2D eigenvalue weighted by Crippen LogP contribution is -2.43. The number of para-hydroxylation sites is 1. The number of hydrogen-bond acceptors (Lipinski definition) is 4. The molecule has 2 aromatic heterocycles. The van der Waals surface area contributed by atoms with Crippen molar-refractivity contribution in [3.8, 4) is 0 Å². The minimum Gasteiger partial charge on any atom is -0.317 e. The second-order valence-electron chi connectivity index (χ2n) is 9.01. The first kappa shape index (κ1) is 21.4. The van der Waals surface area contributed by atoms with E-state index in [9.17, 15) is 4.79 Å². The number of pyridine rings is 1. The minimum absolute atomic E-state index is 0.0576. The highest BCUT2D eigenvalue weighted by Crippen LogP contribution is 2.28. The van der Waals surface area contributed by atoms with Crippen molar-refractivity contribution in [1.29, 1.82) is 0 Å². The van der Waals surface area contributed by atoms with E-state index in [1.54, 1.807) is 4.52 Å². The van der Waals surface area contributed by atoms with Crippen molar-refractivity contribution in [3.63, 3.8) is 0 Å². The van der Waals surface area contributed by atoms with Crippen molar-refractivity contribution in [1.82, 2.24) is 24.9 Å². The number of carbonyl (C=O) groups excluding carboxylic acids is 1. The lowest BCUT2D eigenvalue weighted by Gasteiger charge is -2.34. The zero-order valence-electron chi connectivity index (χ0n) is 19.3. The number of fused-ring (bicyclic) bond motifs is 3. The van der Waals surface area contributed by atoms with Crippen LogP contribution in [0.1, 0.15) is 55.7 Å². The number of carbonyl (C=O) groups is 1. The van der Waals surface area contributed by atoms with Crippen LogP contribution in [0.2, 0.25) is 0 Å². The van der Waals surface area contributed by atoms with E-state index in [2.05, 4.69) is 59.0 Å². The van der Waals surface area contributed by atoms with Gasteiger partial charge in [-0.3, -0.25) is 0 Å². The maximum Gasteiger partial charge on any atom is 0.322 e. The van der Waals surface area contributed by atoms with Gasteiger partial charge < -0.3 is 10.2 Å². The van der Waals surface area contributed by atoms with Crippen LogP contribution >= 0.6 is 0 Å². The molecule has 1 aliphatic rings. The molecule has 2 aromatic carbocycles. The maximum absolute atomic E-state index is 13.6. The molecule has 1 fully saturated rings. The Hall–Kier alpha value is -3.48. The Morgan fingerprint density at radius 2 is 1.91 bits per heavy atom. The summed E-state index contributed by atoms with van der Waals surface area (Å²) >= 11 is 0. The molecule has 5 rings (SSSR count). The molecule has 0 aliphatic heterocycles. The highest BCUT2D eigenvalue weighted by Gasteiger charge is 2.27. The third kappa shape index (κ3) is 4.27. The fraction of sp³-hybridized carbons (Fsp3) is 0.385. The first-order valence-corrected chi connectivity index (χ1v) is 11.9. The Morgan fingerprint density at radius 1 is 1.09 bits per heavy atom. The van der Waals surface area contributed by atoms with Crippen LogP contribution in [0.25, 0.3) is 16.6 Å². The maximum atomic E-state index is 13.6. The third-order valence-electron chi connectivity index (χ3n) is 6.75. The fourth-order valence-corrected chi connectivity index (χ4v) is 4.98. The van der Waals surface area contributed by atoms with Gasteiger partial charge in [0.1, 0.15) is 0 Å². The molecule has 0 spiro atoms. The van der Waals surface area contributed by atoms with E-state index < -0.39 is 0 Å². The summed E-state index contributed by atoms with van der Waals surface area (Å²) in [5.74, 6) is 0. The lowest BCUT2D eigenvalue weighted by atomic mass is 9.94. The summed E-state index contributed by atoms with van der Waals surface area (Å²) in [4.78, 5) is 15.6. The van der Waals surface area contributed by atoms with Gasteiger partial charge in [0, 0.05) is 22.7 Å². The number of aryl methyl sites for hydroxylation is 2. The molecule has 7 nitrogen and oxygen atoms in total. The van der Waals surface area contributed by atoms with Crippen LogP contribution in [0.5, 0.6) is 0 Å². The van der Waals surface area contributed by atoms with Crippen LogP contribution in [0.4, 0.5) is 10.5 Å². The summed E-state index contributed by atoms with van der Waals surface area (Å²) < 4.78 is 1.79. The quantitative estimate of drug-likeness (QED) is 0.442. The number of nitrogens with zero attached hydrogens (tertiary/aromatic N) is 5. The first-order chi connectivity index (χ1) is 16.1. The van der Waals surface area contributed by atoms with Gasteiger partial charge in [-0.1, -0.05) is 56.0 Å². The summed E-state index contributed by atoms with van der Waals surface area (Å²) in [6, 6.07) is 16.6. The van der Waals surface area contributed by atoms with Crippen molar-refractivity contribution < 1.29 is 4.79 Å². The number of hydrogen-bond donors (Lipinski definition) is 1. The number of nitrogens with one attached hydrogen (secondary N) is 1. The Morgan fingerprint density at radius 3 is 2.73 bits per heavy atom. The van der Waals surface area contributed by atoms with Gasteiger partial charge in [0.15, 0.2) is 5.65 Å². The summed E-state index contributed by atoms with van der Waals surface area (Å²) in [5.41, 5.74) is 5.83. The number of aromatic nitrogens is 4. The van der Waals surface area contributed by atoms with Gasteiger partial charge in [-0.25, -0.2) is 4.79 Å². The number of urea groups is 1. The molecule has 2 amide bonds. The number of anilines is 1. The molecule has 0 saturated heterocycles. The topological polar surface area (TPSA) is 75.4 Å². The molecule has 4 aromatic rings. The molecule has 1 aliphatic carbocycles. The van der Waals surface area contributed by atoms with Crippen LogP contribution < -0.4 is 5.32 Å². The average Bonchev–Trinajstić information content (AvgIpc) is 3.33. The molecule has 0 bridgehead atoms.